The number of rotatable bonds is 18. The number of nitrogens with one attached hydrogen (secondary N) is 3. The first-order valence-electron chi connectivity index (χ1n) is 18.1. The average Bonchev–Trinajstić information content (AvgIpc) is 3.71. The van der Waals surface area contributed by atoms with E-state index >= 15 is 0 Å². The third-order valence-corrected chi connectivity index (χ3v) is 11.5. The number of hydrogen-bond donors (Lipinski definition) is 4. The summed E-state index contributed by atoms with van der Waals surface area (Å²) in [5.41, 5.74) is 0.462. The molecule has 282 valence electrons. The molecule has 1 aliphatic rings. The summed E-state index contributed by atoms with van der Waals surface area (Å²) < 4.78 is 0. The molecule has 1 saturated heterocycles. The van der Waals surface area contributed by atoms with E-state index in [0.29, 0.717) is 24.3 Å². The molecule has 7 atom stereocenters. The zero-order valence-corrected chi connectivity index (χ0v) is 32.5. The molecular formula is C38H58N6O6S. The van der Waals surface area contributed by atoms with Crippen molar-refractivity contribution in [1.29, 1.82) is 0 Å². The highest BCUT2D eigenvalue weighted by Gasteiger charge is 2.44. The molecule has 4 N–H and O–H groups in total. The summed E-state index contributed by atoms with van der Waals surface area (Å²) in [5, 5.41) is 20.8. The minimum Gasteiger partial charge on any atom is -0.481 e. The van der Waals surface area contributed by atoms with Crippen LogP contribution in [0.1, 0.15) is 108 Å². The van der Waals surface area contributed by atoms with Gasteiger partial charge in [0.2, 0.25) is 17.7 Å². The van der Waals surface area contributed by atoms with Gasteiger partial charge in [0.1, 0.15) is 16.7 Å². The Balaban J connectivity index is 1.82. The number of carbonyl (C=O) groups is 5. The number of carboxylic acids is 1. The number of carboxylic acid groups (broad SMARTS) is 1. The Morgan fingerprint density at radius 2 is 1.71 bits per heavy atom. The third-order valence-electron chi connectivity index (χ3n) is 10.5. The minimum atomic E-state index is -0.937. The van der Waals surface area contributed by atoms with Crippen LogP contribution in [0.5, 0.6) is 0 Å². The molecular weight excluding hydrogens is 669 g/mol. The number of thiazole rings is 1. The van der Waals surface area contributed by atoms with Crippen molar-refractivity contribution in [1.82, 2.24) is 30.7 Å². The van der Waals surface area contributed by atoms with Gasteiger partial charge < -0.3 is 26.0 Å². The molecule has 6 unspecified atom stereocenters. The Kier molecular flexibility index (Phi) is 15.2. The van der Waals surface area contributed by atoms with E-state index in [-0.39, 0.29) is 47.7 Å². The van der Waals surface area contributed by atoms with E-state index < -0.39 is 41.5 Å². The predicted molar refractivity (Wildman–Crippen MR) is 199 cm³/mol. The Labute approximate surface area is 307 Å². The molecule has 1 fully saturated rings. The Hall–Kier alpha value is -3.84. The third kappa shape index (κ3) is 11.1. The quantitative estimate of drug-likeness (QED) is 0.173. The molecule has 0 aliphatic carbocycles. The zero-order chi connectivity index (χ0) is 38.0. The number of hydrogen-bond acceptors (Lipinski definition) is 8. The van der Waals surface area contributed by atoms with Crippen molar-refractivity contribution in [2.75, 3.05) is 20.6 Å². The van der Waals surface area contributed by atoms with Gasteiger partial charge in [0.15, 0.2) is 0 Å². The van der Waals surface area contributed by atoms with Crippen molar-refractivity contribution in [2.24, 2.45) is 17.8 Å². The molecule has 0 bridgehead atoms. The van der Waals surface area contributed by atoms with E-state index in [2.05, 4.69) is 20.9 Å². The first kappa shape index (κ1) is 41.6. The molecule has 12 nitrogen and oxygen atoms in total. The summed E-state index contributed by atoms with van der Waals surface area (Å²) in [7, 11) is 3.68. The molecule has 13 heteroatoms. The molecule has 51 heavy (non-hydrogen) atoms. The van der Waals surface area contributed by atoms with E-state index in [9.17, 15) is 29.1 Å². The van der Waals surface area contributed by atoms with E-state index in [4.69, 9.17) is 0 Å². The van der Waals surface area contributed by atoms with Crippen LogP contribution >= 0.6 is 11.3 Å². The Morgan fingerprint density at radius 3 is 2.25 bits per heavy atom. The minimum absolute atomic E-state index is 0.0142. The van der Waals surface area contributed by atoms with Crippen LogP contribution in [-0.4, -0.2) is 93.8 Å². The van der Waals surface area contributed by atoms with Gasteiger partial charge in [-0.05, 0) is 70.0 Å². The summed E-state index contributed by atoms with van der Waals surface area (Å²) >= 11 is 1.24. The standard InChI is InChI=1S/C38H58N6O6S/c1-10-24(4)32(42-37(50)38(7)17-14-18-43(38)8)35(47)44(9)31(23(2)3)21-29(39-26(6)45)34-41-30(22-51-34)33(46)40-28(19-25(5)36(48)49)20-27-15-12-11-13-16-27/h11-13,15-16,22-25,28-29,31-32H,10,14,17-21H2,1-9H3,(H,39,45)(H,40,46)(H,42,50)(H,48,49)/t24?,25?,28?,29?,31?,32?,38-/m1/s1. The van der Waals surface area contributed by atoms with Crippen LogP contribution in [0.25, 0.3) is 0 Å². The second kappa shape index (κ2) is 18.6. The van der Waals surface area contributed by atoms with Crippen molar-refractivity contribution in [2.45, 2.75) is 117 Å². The number of nitrogens with zero attached hydrogens (tertiary/aromatic N) is 3. The lowest BCUT2D eigenvalue weighted by molar-refractivity contribution is -0.142. The number of aliphatic carboxylic acids is 1. The summed E-state index contributed by atoms with van der Waals surface area (Å²) in [6.45, 7) is 13.8. The van der Waals surface area contributed by atoms with Gasteiger partial charge in [0, 0.05) is 31.4 Å². The lowest BCUT2D eigenvalue weighted by Crippen LogP contribution is -2.60. The fourth-order valence-electron chi connectivity index (χ4n) is 6.76. The van der Waals surface area contributed by atoms with Crippen LogP contribution in [0.3, 0.4) is 0 Å². The second-order valence-electron chi connectivity index (χ2n) is 14.8. The van der Waals surface area contributed by atoms with Gasteiger partial charge in [-0.3, -0.25) is 28.9 Å². The first-order chi connectivity index (χ1) is 24.0. The highest BCUT2D eigenvalue weighted by Crippen LogP contribution is 2.30. The smallest absolute Gasteiger partial charge is 0.306 e. The number of aromatic nitrogens is 1. The molecule has 1 aromatic carbocycles. The largest absolute Gasteiger partial charge is 0.481 e. The van der Waals surface area contributed by atoms with Crippen molar-refractivity contribution in [3.63, 3.8) is 0 Å². The number of amides is 4. The van der Waals surface area contributed by atoms with Crippen molar-refractivity contribution >= 4 is 40.9 Å². The van der Waals surface area contributed by atoms with Crippen molar-refractivity contribution in [3.8, 4) is 0 Å². The Morgan fingerprint density at radius 1 is 1.04 bits per heavy atom. The molecule has 2 aromatic rings. The molecule has 4 amide bonds. The molecule has 1 aliphatic heterocycles. The average molecular weight is 727 g/mol. The van der Waals surface area contributed by atoms with Crippen LogP contribution in [-0.2, 0) is 25.6 Å². The lowest BCUT2D eigenvalue weighted by atomic mass is 9.91. The molecule has 0 spiro atoms. The second-order valence-corrected chi connectivity index (χ2v) is 15.7. The molecule has 2 heterocycles. The van der Waals surface area contributed by atoms with Crippen LogP contribution in [0.2, 0.25) is 0 Å². The van der Waals surface area contributed by atoms with Gasteiger partial charge >= 0.3 is 5.97 Å². The summed E-state index contributed by atoms with van der Waals surface area (Å²) in [4.78, 5) is 73.8. The fraction of sp³-hybridized carbons (Fsp3) is 0.632. The zero-order valence-electron chi connectivity index (χ0n) is 31.7. The summed E-state index contributed by atoms with van der Waals surface area (Å²) in [6, 6.07) is 7.47. The first-order valence-corrected chi connectivity index (χ1v) is 18.9. The molecule has 1 aromatic heterocycles. The van der Waals surface area contributed by atoms with Gasteiger partial charge in [-0.2, -0.15) is 0 Å². The maximum absolute atomic E-state index is 14.2. The number of likely N-dealkylation sites (N-methyl/N-ethyl adjacent to an activating group) is 2. The van der Waals surface area contributed by atoms with Crippen LogP contribution in [0, 0.1) is 17.8 Å². The maximum Gasteiger partial charge on any atom is 0.306 e. The van der Waals surface area contributed by atoms with Gasteiger partial charge in [-0.25, -0.2) is 4.98 Å². The molecule has 0 radical (unpaired) electrons. The summed E-state index contributed by atoms with van der Waals surface area (Å²) in [6.07, 6.45) is 3.38. The predicted octanol–water partition coefficient (Wildman–Crippen LogP) is 4.66. The fourth-order valence-corrected chi connectivity index (χ4v) is 7.63. The van der Waals surface area contributed by atoms with Gasteiger partial charge in [0.05, 0.1) is 17.5 Å². The van der Waals surface area contributed by atoms with E-state index in [1.807, 2.05) is 76.9 Å². The van der Waals surface area contributed by atoms with Gasteiger partial charge in [-0.15, -0.1) is 11.3 Å². The maximum atomic E-state index is 14.2. The highest BCUT2D eigenvalue weighted by molar-refractivity contribution is 7.09. The normalized spacial score (nSPS) is 19.7. The Bertz CT molecular complexity index is 1500. The SMILES string of the molecule is CCC(C)C(NC(=O)[C@@]1(C)CCCN1C)C(=O)N(C)C(CC(NC(C)=O)c1nc(C(=O)NC(Cc2ccccc2)CC(C)C(=O)O)cs1)C(C)C. The number of carbonyl (C=O) groups excluding carboxylic acids is 4. The highest BCUT2D eigenvalue weighted by atomic mass is 32.1. The molecule has 3 rings (SSSR count). The van der Waals surface area contributed by atoms with E-state index in [0.717, 1.165) is 24.9 Å². The van der Waals surface area contributed by atoms with Gasteiger partial charge in [0.25, 0.3) is 5.91 Å². The van der Waals surface area contributed by atoms with E-state index in [1.54, 1.807) is 24.3 Å². The van der Waals surface area contributed by atoms with Crippen molar-refractivity contribution < 1.29 is 29.1 Å². The lowest BCUT2D eigenvalue weighted by Gasteiger charge is -2.38. The summed E-state index contributed by atoms with van der Waals surface area (Å²) in [5.74, 6) is -2.77. The monoisotopic (exact) mass is 726 g/mol. The number of likely N-dealkylation sites (tertiary alicyclic amines) is 1. The van der Waals surface area contributed by atoms with Crippen LogP contribution in [0.15, 0.2) is 35.7 Å². The van der Waals surface area contributed by atoms with Crippen LogP contribution in [0.4, 0.5) is 0 Å². The van der Waals surface area contributed by atoms with Crippen LogP contribution < -0.4 is 16.0 Å². The topological polar surface area (TPSA) is 161 Å². The number of benzene rings is 1. The van der Waals surface area contributed by atoms with Crippen molar-refractivity contribution in [3.05, 3.63) is 52.0 Å². The van der Waals surface area contributed by atoms with E-state index in [1.165, 1.54) is 18.3 Å². The van der Waals surface area contributed by atoms with Gasteiger partial charge in [-0.1, -0.05) is 71.4 Å². The molecule has 0 saturated carbocycles.